The predicted octanol–water partition coefficient (Wildman–Crippen LogP) is 3.56. The lowest BCUT2D eigenvalue weighted by atomic mass is 10.0. The Balaban J connectivity index is 1.90. The van der Waals surface area contributed by atoms with Crippen LogP contribution < -0.4 is 10.6 Å². The summed E-state index contributed by atoms with van der Waals surface area (Å²) in [5.41, 5.74) is 1.61. The largest absolute Gasteiger partial charge is 0.379 e. The Morgan fingerprint density at radius 3 is 2.21 bits per heavy atom. The van der Waals surface area contributed by atoms with E-state index in [9.17, 15) is 24.5 Å². The average Bonchev–Trinajstić information content (AvgIpc) is 3.01. The number of nitro groups is 1. The summed E-state index contributed by atoms with van der Waals surface area (Å²) in [4.78, 5) is 49.3. The third-order valence-electron chi connectivity index (χ3n) is 4.99. The van der Waals surface area contributed by atoms with Gasteiger partial charge >= 0.3 is 0 Å². The SMILES string of the molecule is CC(=O)Nc1ccc(NC2=C(c3ccc([N+](=O)[O-])cc3)C(=O)N(CCCOC(C)C)C2=O)cc1. The molecule has 2 aromatic carbocycles. The number of imide groups is 1. The molecule has 1 heterocycles. The molecule has 10 nitrogen and oxygen atoms in total. The second-order valence-electron chi connectivity index (χ2n) is 7.97. The third-order valence-corrected chi connectivity index (χ3v) is 4.99. The van der Waals surface area contributed by atoms with Crippen molar-refractivity contribution in [2.24, 2.45) is 0 Å². The van der Waals surface area contributed by atoms with E-state index in [1.54, 1.807) is 24.3 Å². The highest BCUT2D eigenvalue weighted by atomic mass is 16.6. The number of benzene rings is 2. The number of nitrogens with zero attached hydrogens (tertiary/aromatic N) is 2. The van der Waals surface area contributed by atoms with Gasteiger partial charge in [0.1, 0.15) is 5.70 Å². The van der Waals surface area contributed by atoms with Crippen LogP contribution in [0.1, 0.15) is 32.8 Å². The molecule has 2 N–H and O–H groups in total. The highest BCUT2D eigenvalue weighted by Gasteiger charge is 2.39. The number of carbonyl (C=O) groups is 3. The van der Waals surface area contributed by atoms with E-state index < -0.39 is 16.7 Å². The summed E-state index contributed by atoms with van der Waals surface area (Å²) in [7, 11) is 0. The molecule has 0 saturated heterocycles. The summed E-state index contributed by atoms with van der Waals surface area (Å²) in [6, 6.07) is 12.1. The van der Waals surface area contributed by atoms with E-state index in [2.05, 4.69) is 10.6 Å². The zero-order valence-electron chi connectivity index (χ0n) is 19.2. The molecule has 0 spiro atoms. The van der Waals surface area contributed by atoms with Gasteiger partial charge in [-0.2, -0.15) is 0 Å². The van der Waals surface area contributed by atoms with Crippen LogP contribution in [0.4, 0.5) is 17.1 Å². The molecule has 0 bridgehead atoms. The average molecular weight is 466 g/mol. The highest BCUT2D eigenvalue weighted by Crippen LogP contribution is 2.31. The van der Waals surface area contributed by atoms with Crippen molar-refractivity contribution in [2.75, 3.05) is 23.8 Å². The van der Waals surface area contributed by atoms with E-state index in [0.29, 0.717) is 30.0 Å². The Hall–Kier alpha value is -4.05. The summed E-state index contributed by atoms with van der Waals surface area (Å²) in [5, 5.41) is 16.7. The van der Waals surface area contributed by atoms with E-state index in [4.69, 9.17) is 4.74 Å². The Kier molecular flexibility index (Phi) is 7.75. The molecule has 0 fully saturated rings. The number of nitrogens with one attached hydrogen (secondary N) is 2. The van der Waals surface area contributed by atoms with Crippen LogP contribution in [-0.2, 0) is 19.1 Å². The minimum Gasteiger partial charge on any atom is -0.379 e. The molecule has 2 aromatic rings. The van der Waals surface area contributed by atoms with Gasteiger partial charge in [0, 0.05) is 43.6 Å². The molecule has 1 aliphatic heterocycles. The first-order chi connectivity index (χ1) is 16.2. The number of anilines is 2. The Labute approximate surface area is 196 Å². The topological polar surface area (TPSA) is 131 Å². The lowest BCUT2D eigenvalue weighted by Crippen LogP contribution is -2.34. The lowest BCUT2D eigenvalue weighted by Gasteiger charge is -2.16. The van der Waals surface area contributed by atoms with Crippen molar-refractivity contribution < 1.29 is 24.0 Å². The van der Waals surface area contributed by atoms with E-state index in [0.717, 1.165) is 4.90 Å². The van der Waals surface area contributed by atoms with Gasteiger partial charge in [-0.1, -0.05) is 0 Å². The maximum atomic E-state index is 13.2. The van der Waals surface area contributed by atoms with Crippen LogP contribution in [0.15, 0.2) is 54.2 Å². The fourth-order valence-corrected chi connectivity index (χ4v) is 3.44. The number of hydrogen-bond acceptors (Lipinski definition) is 7. The smallest absolute Gasteiger partial charge is 0.278 e. The van der Waals surface area contributed by atoms with Gasteiger partial charge in [-0.3, -0.25) is 29.4 Å². The Morgan fingerprint density at radius 2 is 1.65 bits per heavy atom. The van der Waals surface area contributed by atoms with Crippen molar-refractivity contribution in [3.05, 3.63) is 69.9 Å². The van der Waals surface area contributed by atoms with Crippen molar-refractivity contribution in [3.63, 3.8) is 0 Å². The van der Waals surface area contributed by atoms with Crippen molar-refractivity contribution >= 4 is 40.4 Å². The number of non-ortho nitro benzene ring substituents is 1. The van der Waals surface area contributed by atoms with Gasteiger partial charge in [-0.05, 0) is 62.2 Å². The summed E-state index contributed by atoms with van der Waals surface area (Å²) in [5.74, 6) is -1.19. The molecule has 0 radical (unpaired) electrons. The molecule has 0 aromatic heterocycles. The second kappa shape index (κ2) is 10.7. The first kappa shape index (κ1) is 24.6. The van der Waals surface area contributed by atoms with Gasteiger partial charge in [-0.15, -0.1) is 0 Å². The monoisotopic (exact) mass is 466 g/mol. The maximum Gasteiger partial charge on any atom is 0.278 e. The van der Waals surface area contributed by atoms with Gasteiger partial charge in [0.2, 0.25) is 5.91 Å². The molecule has 0 unspecified atom stereocenters. The zero-order chi connectivity index (χ0) is 24.8. The van der Waals surface area contributed by atoms with Gasteiger partial charge in [0.25, 0.3) is 17.5 Å². The predicted molar refractivity (Wildman–Crippen MR) is 127 cm³/mol. The molecule has 3 rings (SSSR count). The van der Waals surface area contributed by atoms with Crippen LogP contribution in [0.2, 0.25) is 0 Å². The fourth-order valence-electron chi connectivity index (χ4n) is 3.44. The van der Waals surface area contributed by atoms with Gasteiger partial charge in [-0.25, -0.2) is 0 Å². The number of ether oxygens (including phenoxy) is 1. The summed E-state index contributed by atoms with van der Waals surface area (Å²) >= 11 is 0. The van der Waals surface area contributed by atoms with Gasteiger partial charge in [0.15, 0.2) is 0 Å². The molecule has 178 valence electrons. The number of carbonyl (C=O) groups excluding carboxylic acids is 3. The van der Waals surface area contributed by atoms with Crippen LogP contribution >= 0.6 is 0 Å². The molecule has 34 heavy (non-hydrogen) atoms. The van der Waals surface area contributed by atoms with E-state index in [1.165, 1.54) is 31.2 Å². The van der Waals surface area contributed by atoms with E-state index in [1.807, 2.05) is 13.8 Å². The lowest BCUT2D eigenvalue weighted by molar-refractivity contribution is -0.384. The summed E-state index contributed by atoms with van der Waals surface area (Å²) in [6.45, 7) is 5.78. The Morgan fingerprint density at radius 1 is 1.03 bits per heavy atom. The molecule has 1 aliphatic rings. The number of amides is 3. The molecule has 0 saturated carbocycles. The zero-order valence-corrected chi connectivity index (χ0v) is 19.2. The fraction of sp³-hybridized carbons (Fsp3) is 0.292. The van der Waals surface area contributed by atoms with Crippen molar-refractivity contribution in [1.29, 1.82) is 0 Å². The number of rotatable bonds is 10. The van der Waals surface area contributed by atoms with Crippen LogP contribution in [0.5, 0.6) is 0 Å². The first-order valence-corrected chi connectivity index (χ1v) is 10.8. The summed E-state index contributed by atoms with van der Waals surface area (Å²) in [6.07, 6.45) is 0.512. The van der Waals surface area contributed by atoms with Crippen LogP contribution in [0, 0.1) is 10.1 Å². The second-order valence-corrected chi connectivity index (χ2v) is 7.97. The molecular formula is C24H26N4O6. The highest BCUT2D eigenvalue weighted by molar-refractivity contribution is 6.36. The quantitative estimate of drug-likeness (QED) is 0.237. The first-order valence-electron chi connectivity index (χ1n) is 10.8. The van der Waals surface area contributed by atoms with Crippen LogP contribution in [-0.4, -0.2) is 46.8 Å². The molecule has 0 atom stereocenters. The minimum absolute atomic E-state index is 0.0384. The van der Waals surface area contributed by atoms with Gasteiger partial charge in [0.05, 0.1) is 16.6 Å². The van der Waals surface area contributed by atoms with Gasteiger partial charge < -0.3 is 15.4 Å². The Bertz CT molecular complexity index is 1120. The number of hydrogen-bond donors (Lipinski definition) is 2. The van der Waals surface area contributed by atoms with Crippen LogP contribution in [0.25, 0.3) is 5.57 Å². The molecule has 0 aliphatic carbocycles. The summed E-state index contributed by atoms with van der Waals surface area (Å²) < 4.78 is 5.51. The van der Waals surface area contributed by atoms with E-state index >= 15 is 0 Å². The van der Waals surface area contributed by atoms with Crippen LogP contribution in [0.3, 0.4) is 0 Å². The van der Waals surface area contributed by atoms with Crippen molar-refractivity contribution in [1.82, 2.24) is 4.90 Å². The molecule has 3 amide bonds. The van der Waals surface area contributed by atoms with Crippen molar-refractivity contribution in [2.45, 2.75) is 33.3 Å². The normalized spacial score (nSPS) is 13.6. The van der Waals surface area contributed by atoms with Crippen molar-refractivity contribution in [3.8, 4) is 0 Å². The van der Waals surface area contributed by atoms with E-state index in [-0.39, 0.29) is 35.5 Å². The minimum atomic E-state index is -0.531. The molecular weight excluding hydrogens is 440 g/mol. The molecule has 10 heteroatoms. The number of nitro benzene ring substituents is 1. The standard InChI is InChI=1S/C24H26N4O6/c1-15(2)34-14-4-13-27-23(30)21(17-5-11-20(12-6-17)28(32)33)22(24(27)31)26-19-9-7-18(8-10-19)25-16(3)29/h5-12,15,26H,4,13-14H2,1-3H3,(H,25,29). The maximum absolute atomic E-state index is 13.2. The third kappa shape index (κ3) is 5.84.